The van der Waals surface area contributed by atoms with Gasteiger partial charge in [0, 0.05) is 15.7 Å². The second-order valence-electron chi connectivity index (χ2n) is 3.79. The molecule has 0 amide bonds. The number of halogens is 1. The Morgan fingerprint density at radius 1 is 1.12 bits per heavy atom. The maximum atomic E-state index is 5.35. The van der Waals surface area contributed by atoms with Gasteiger partial charge in [0.05, 0.1) is 12.8 Å². The molecule has 17 heavy (non-hydrogen) atoms. The van der Waals surface area contributed by atoms with Crippen molar-refractivity contribution in [2.45, 2.75) is 13.8 Å². The maximum Gasteiger partial charge on any atom is 0.128 e. The van der Waals surface area contributed by atoms with Crippen LogP contribution in [0.4, 0.5) is 0 Å². The van der Waals surface area contributed by atoms with Crippen LogP contribution < -0.4 is 4.74 Å². The van der Waals surface area contributed by atoms with E-state index in [1.54, 1.807) is 7.11 Å². The Morgan fingerprint density at radius 2 is 1.88 bits per heavy atom. The molecule has 0 unspecified atom stereocenters. The number of aromatic nitrogens is 2. The molecule has 0 aliphatic carbocycles. The summed E-state index contributed by atoms with van der Waals surface area (Å²) in [6, 6.07) is 7.83. The maximum absolute atomic E-state index is 5.35. The Morgan fingerprint density at radius 3 is 2.53 bits per heavy atom. The van der Waals surface area contributed by atoms with Crippen LogP contribution in [-0.4, -0.2) is 17.1 Å². The molecule has 0 atom stereocenters. The lowest BCUT2D eigenvalue weighted by molar-refractivity contribution is 0.416. The summed E-state index contributed by atoms with van der Waals surface area (Å²) in [7, 11) is 1.66. The first-order chi connectivity index (χ1) is 8.10. The summed E-state index contributed by atoms with van der Waals surface area (Å²) in [5.74, 6) is 1.58. The predicted molar refractivity (Wildman–Crippen MR) is 71.2 cm³/mol. The van der Waals surface area contributed by atoms with E-state index in [-0.39, 0.29) is 0 Å². The van der Waals surface area contributed by atoms with Crippen molar-refractivity contribution in [3.63, 3.8) is 0 Å². The minimum absolute atomic E-state index is 0.766. The fourth-order valence-electron chi connectivity index (χ4n) is 1.74. The quantitative estimate of drug-likeness (QED) is 0.849. The monoisotopic (exact) mass is 292 g/mol. The van der Waals surface area contributed by atoms with Gasteiger partial charge in [-0.15, -0.1) is 0 Å². The van der Waals surface area contributed by atoms with Crippen molar-refractivity contribution in [3.05, 3.63) is 40.3 Å². The van der Waals surface area contributed by atoms with Gasteiger partial charge >= 0.3 is 0 Å². The standard InChI is InChI=1S/C13H13BrN2O/c1-8-6-12(16-9(2)15-8)11-7-10(14)4-5-13(11)17-3/h4-7H,1-3H3. The Labute approximate surface area is 109 Å². The molecule has 0 aliphatic rings. The van der Waals surface area contributed by atoms with Crippen LogP contribution in [0.5, 0.6) is 5.75 Å². The fraction of sp³-hybridized carbons (Fsp3) is 0.231. The van der Waals surface area contributed by atoms with Gasteiger partial charge in [0.15, 0.2) is 0 Å². The zero-order valence-corrected chi connectivity index (χ0v) is 11.6. The van der Waals surface area contributed by atoms with Gasteiger partial charge in [0.2, 0.25) is 0 Å². The zero-order chi connectivity index (χ0) is 12.4. The third kappa shape index (κ3) is 2.64. The molecular formula is C13H13BrN2O. The summed E-state index contributed by atoms with van der Waals surface area (Å²) in [5, 5.41) is 0. The van der Waals surface area contributed by atoms with Gasteiger partial charge in [-0.3, -0.25) is 0 Å². The molecule has 1 heterocycles. The molecule has 0 saturated heterocycles. The molecule has 1 aromatic carbocycles. The number of ether oxygens (including phenoxy) is 1. The Kier molecular flexibility index (Phi) is 3.43. The number of rotatable bonds is 2. The summed E-state index contributed by atoms with van der Waals surface area (Å²) in [6.07, 6.45) is 0. The number of methoxy groups -OCH3 is 1. The SMILES string of the molecule is COc1ccc(Br)cc1-c1cc(C)nc(C)n1. The van der Waals surface area contributed by atoms with Gasteiger partial charge in [-0.05, 0) is 38.1 Å². The lowest BCUT2D eigenvalue weighted by Gasteiger charge is -2.09. The van der Waals surface area contributed by atoms with E-state index in [1.807, 2.05) is 38.1 Å². The largest absolute Gasteiger partial charge is 0.496 e. The highest BCUT2D eigenvalue weighted by molar-refractivity contribution is 9.10. The molecular weight excluding hydrogens is 280 g/mol. The van der Waals surface area contributed by atoms with Crippen LogP contribution >= 0.6 is 15.9 Å². The molecule has 0 aliphatic heterocycles. The van der Waals surface area contributed by atoms with Crippen LogP contribution in [0.1, 0.15) is 11.5 Å². The van der Waals surface area contributed by atoms with Gasteiger partial charge in [0.25, 0.3) is 0 Å². The van der Waals surface area contributed by atoms with Gasteiger partial charge < -0.3 is 4.74 Å². The van der Waals surface area contributed by atoms with E-state index in [9.17, 15) is 0 Å². The molecule has 3 nitrogen and oxygen atoms in total. The second kappa shape index (κ2) is 4.84. The Balaban J connectivity index is 2.62. The minimum atomic E-state index is 0.766. The highest BCUT2D eigenvalue weighted by Crippen LogP contribution is 2.31. The average Bonchev–Trinajstić information content (AvgIpc) is 2.27. The van der Waals surface area contributed by atoms with E-state index in [1.165, 1.54) is 0 Å². The number of nitrogens with zero attached hydrogens (tertiary/aromatic N) is 2. The van der Waals surface area contributed by atoms with E-state index in [0.29, 0.717) is 0 Å². The number of aryl methyl sites for hydroxylation is 2. The summed E-state index contributed by atoms with van der Waals surface area (Å²) < 4.78 is 6.36. The molecule has 0 N–H and O–H groups in total. The molecule has 2 rings (SSSR count). The number of hydrogen-bond donors (Lipinski definition) is 0. The van der Waals surface area contributed by atoms with E-state index in [4.69, 9.17) is 4.74 Å². The van der Waals surface area contributed by atoms with Gasteiger partial charge in [-0.25, -0.2) is 9.97 Å². The van der Waals surface area contributed by atoms with E-state index in [0.717, 1.165) is 33.0 Å². The summed E-state index contributed by atoms with van der Waals surface area (Å²) in [5.41, 5.74) is 2.80. The molecule has 0 spiro atoms. The average molecular weight is 293 g/mol. The van der Waals surface area contributed by atoms with Crippen molar-refractivity contribution < 1.29 is 4.74 Å². The van der Waals surface area contributed by atoms with Crippen LogP contribution in [0.25, 0.3) is 11.3 Å². The van der Waals surface area contributed by atoms with Crippen molar-refractivity contribution in [1.29, 1.82) is 0 Å². The molecule has 0 radical (unpaired) electrons. The lowest BCUT2D eigenvalue weighted by Crippen LogP contribution is -1.96. The van der Waals surface area contributed by atoms with Crippen LogP contribution in [-0.2, 0) is 0 Å². The van der Waals surface area contributed by atoms with E-state index in [2.05, 4.69) is 25.9 Å². The van der Waals surface area contributed by atoms with Gasteiger partial charge in [-0.2, -0.15) is 0 Å². The van der Waals surface area contributed by atoms with Crippen molar-refractivity contribution in [3.8, 4) is 17.0 Å². The van der Waals surface area contributed by atoms with Crippen molar-refractivity contribution in [2.24, 2.45) is 0 Å². The third-order valence-corrected chi connectivity index (χ3v) is 2.90. The van der Waals surface area contributed by atoms with Gasteiger partial charge in [0.1, 0.15) is 11.6 Å². The molecule has 0 fully saturated rings. The molecule has 2 aromatic rings. The highest BCUT2D eigenvalue weighted by atomic mass is 79.9. The molecule has 0 saturated carbocycles. The third-order valence-electron chi connectivity index (χ3n) is 2.40. The fourth-order valence-corrected chi connectivity index (χ4v) is 2.10. The molecule has 0 bridgehead atoms. The van der Waals surface area contributed by atoms with Crippen LogP contribution in [0, 0.1) is 13.8 Å². The first-order valence-corrected chi connectivity index (χ1v) is 6.05. The molecule has 4 heteroatoms. The minimum Gasteiger partial charge on any atom is -0.496 e. The highest BCUT2D eigenvalue weighted by Gasteiger charge is 2.09. The van der Waals surface area contributed by atoms with E-state index < -0.39 is 0 Å². The normalized spacial score (nSPS) is 10.4. The van der Waals surface area contributed by atoms with Crippen molar-refractivity contribution in [2.75, 3.05) is 7.11 Å². The van der Waals surface area contributed by atoms with Crippen LogP contribution in [0.2, 0.25) is 0 Å². The predicted octanol–water partition coefficient (Wildman–Crippen LogP) is 3.53. The first-order valence-electron chi connectivity index (χ1n) is 5.26. The Bertz CT molecular complexity index is 535. The van der Waals surface area contributed by atoms with Crippen LogP contribution in [0.15, 0.2) is 28.7 Å². The second-order valence-corrected chi connectivity index (χ2v) is 4.70. The first kappa shape index (κ1) is 12.0. The zero-order valence-electron chi connectivity index (χ0n) is 9.99. The lowest BCUT2D eigenvalue weighted by atomic mass is 10.1. The topological polar surface area (TPSA) is 35.0 Å². The number of hydrogen-bond acceptors (Lipinski definition) is 3. The summed E-state index contributed by atoms with van der Waals surface area (Å²) >= 11 is 3.46. The molecule has 1 aromatic heterocycles. The smallest absolute Gasteiger partial charge is 0.128 e. The van der Waals surface area contributed by atoms with Crippen LogP contribution in [0.3, 0.4) is 0 Å². The van der Waals surface area contributed by atoms with E-state index >= 15 is 0 Å². The van der Waals surface area contributed by atoms with Crippen molar-refractivity contribution in [1.82, 2.24) is 9.97 Å². The van der Waals surface area contributed by atoms with Gasteiger partial charge in [-0.1, -0.05) is 15.9 Å². The Hall–Kier alpha value is -1.42. The summed E-state index contributed by atoms with van der Waals surface area (Å²) in [6.45, 7) is 3.85. The summed E-state index contributed by atoms with van der Waals surface area (Å²) in [4.78, 5) is 8.72. The molecule has 88 valence electrons. The number of benzene rings is 1. The van der Waals surface area contributed by atoms with Crippen molar-refractivity contribution >= 4 is 15.9 Å².